The summed E-state index contributed by atoms with van der Waals surface area (Å²) in [5.74, 6) is -0.422. The van der Waals surface area contributed by atoms with Crippen LogP contribution in [0.25, 0.3) is 6.08 Å². The van der Waals surface area contributed by atoms with Gasteiger partial charge in [-0.1, -0.05) is 12.1 Å². The molecule has 0 aliphatic carbocycles. The number of amides is 1. The number of carbonyl (C=O) groups excluding carboxylic acids is 1. The van der Waals surface area contributed by atoms with Crippen LogP contribution in [-0.4, -0.2) is 5.91 Å². The van der Waals surface area contributed by atoms with E-state index >= 15 is 0 Å². The molecule has 0 saturated heterocycles. The average Bonchev–Trinajstić information content (AvgIpc) is 2.01. The highest BCUT2D eigenvalue weighted by Gasteiger charge is 1.88. The standard InChI is InChI=1S/C9H8INO/c10-8-3-1-2-7(6-8)4-5-9(11)12/h1-6H,(H2,11,12). The van der Waals surface area contributed by atoms with Crippen LogP contribution >= 0.6 is 22.6 Å². The minimum atomic E-state index is -0.422. The molecule has 1 amide bonds. The molecule has 2 nitrogen and oxygen atoms in total. The van der Waals surface area contributed by atoms with Crippen LogP contribution in [0.3, 0.4) is 0 Å². The van der Waals surface area contributed by atoms with E-state index in [2.05, 4.69) is 22.6 Å². The Hall–Kier alpha value is -0.840. The minimum absolute atomic E-state index is 0.422. The predicted molar refractivity (Wildman–Crippen MR) is 57.4 cm³/mol. The molecule has 0 fully saturated rings. The maximum Gasteiger partial charge on any atom is 0.241 e. The van der Waals surface area contributed by atoms with Crippen LogP contribution in [0, 0.1) is 3.57 Å². The molecular formula is C9H8INO. The lowest BCUT2D eigenvalue weighted by Gasteiger charge is -1.92. The molecule has 1 aromatic carbocycles. The van der Waals surface area contributed by atoms with Gasteiger partial charge < -0.3 is 5.73 Å². The van der Waals surface area contributed by atoms with E-state index in [0.717, 1.165) is 9.13 Å². The lowest BCUT2D eigenvalue weighted by molar-refractivity contribution is -0.113. The van der Waals surface area contributed by atoms with Crippen molar-refractivity contribution in [1.82, 2.24) is 0 Å². The SMILES string of the molecule is NC(=O)C=Cc1cccc(I)c1. The van der Waals surface area contributed by atoms with Crippen LogP contribution in [0.4, 0.5) is 0 Å². The zero-order chi connectivity index (χ0) is 8.97. The second-order valence-electron chi connectivity index (χ2n) is 2.29. The quantitative estimate of drug-likeness (QED) is 0.648. The third-order valence-electron chi connectivity index (χ3n) is 1.29. The molecule has 0 aromatic heterocycles. The minimum Gasteiger partial charge on any atom is -0.366 e. The molecule has 0 atom stereocenters. The zero-order valence-corrected chi connectivity index (χ0v) is 8.49. The molecule has 1 rings (SSSR count). The fourth-order valence-electron chi connectivity index (χ4n) is 0.789. The van der Waals surface area contributed by atoms with Gasteiger partial charge in [0.2, 0.25) is 5.91 Å². The number of rotatable bonds is 2. The molecule has 12 heavy (non-hydrogen) atoms. The van der Waals surface area contributed by atoms with Crippen LogP contribution in [0.1, 0.15) is 5.56 Å². The second kappa shape index (κ2) is 4.25. The average molecular weight is 273 g/mol. The van der Waals surface area contributed by atoms with Crippen LogP contribution in [0.2, 0.25) is 0 Å². The Balaban J connectivity index is 2.83. The van der Waals surface area contributed by atoms with Gasteiger partial charge in [-0.25, -0.2) is 0 Å². The molecule has 0 unspecified atom stereocenters. The molecular weight excluding hydrogens is 265 g/mol. The Morgan fingerprint density at radius 3 is 2.83 bits per heavy atom. The molecule has 2 N–H and O–H groups in total. The number of primary amides is 1. The van der Waals surface area contributed by atoms with Crippen LogP contribution in [-0.2, 0) is 4.79 Å². The van der Waals surface area contributed by atoms with E-state index < -0.39 is 5.91 Å². The van der Waals surface area contributed by atoms with Gasteiger partial charge >= 0.3 is 0 Å². The summed E-state index contributed by atoms with van der Waals surface area (Å²) in [4.78, 5) is 10.4. The molecule has 0 radical (unpaired) electrons. The van der Waals surface area contributed by atoms with Gasteiger partial charge in [-0.3, -0.25) is 4.79 Å². The van der Waals surface area contributed by atoms with Gasteiger partial charge in [0.05, 0.1) is 0 Å². The van der Waals surface area contributed by atoms with Crippen molar-refractivity contribution in [3.63, 3.8) is 0 Å². The second-order valence-corrected chi connectivity index (χ2v) is 3.54. The van der Waals surface area contributed by atoms with E-state index in [-0.39, 0.29) is 0 Å². The molecule has 0 aliphatic heterocycles. The van der Waals surface area contributed by atoms with Gasteiger partial charge in [0, 0.05) is 9.65 Å². The molecule has 0 aliphatic rings. The fraction of sp³-hybridized carbons (Fsp3) is 0. The number of benzene rings is 1. The summed E-state index contributed by atoms with van der Waals surface area (Å²) < 4.78 is 1.14. The van der Waals surface area contributed by atoms with Crippen molar-refractivity contribution in [2.45, 2.75) is 0 Å². The Kier molecular flexibility index (Phi) is 3.28. The van der Waals surface area contributed by atoms with E-state index in [0.29, 0.717) is 0 Å². The summed E-state index contributed by atoms with van der Waals surface area (Å²) in [5, 5.41) is 0. The smallest absolute Gasteiger partial charge is 0.241 e. The van der Waals surface area contributed by atoms with Gasteiger partial charge in [-0.05, 0) is 46.4 Å². The van der Waals surface area contributed by atoms with E-state index in [1.54, 1.807) is 6.08 Å². The number of halogens is 1. The van der Waals surface area contributed by atoms with Crippen molar-refractivity contribution >= 4 is 34.6 Å². The van der Waals surface area contributed by atoms with Crippen LogP contribution < -0.4 is 5.73 Å². The first-order valence-corrected chi connectivity index (χ1v) is 4.49. The van der Waals surface area contributed by atoms with E-state index in [1.165, 1.54) is 6.08 Å². The summed E-state index contributed by atoms with van der Waals surface area (Å²) in [7, 11) is 0. The van der Waals surface area contributed by atoms with E-state index in [9.17, 15) is 4.79 Å². The van der Waals surface area contributed by atoms with Crippen molar-refractivity contribution in [2.75, 3.05) is 0 Å². The maximum absolute atomic E-state index is 10.4. The molecule has 0 spiro atoms. The normalized spacial score (nSPS) is 10.4. The third kappa shape index (κ3) is 3.04. The molecule has 0 bridgehead atoms. The Morgan fingerprint density at radius 2 is 2.25 bits per heavy atom. The first kappa shape index (κ1) is 9.25. The monoisotopic (exact) mass is 273 g/mol. The maximum atomic E-state index is 10.4. The first-order chi connectivity index (χ1) is 5.68. The highest BCUT2D eigenvalue weighted by Crippen LogP contribution is 2.08. The summed E-state index contributed by atoms with van der Waals surface area (Å²) >= 11 is 2.21. The highest BCUT2D eigenvalue weighted by molar-refractivity contribution is 14.1. The summed E-state index contributed by atoms with van der Waals surface area (Å²) in [6.45, 7) is 0. The molecule has 1 aromatic rings. The highest BCUT2D eigenvalue weighted by atomic mass is 127. The topological polar surface area (TPSA) is 43.1 Å². The number of nitrogens with two attached hydrogens (primary N) is 1. The van der Waals surface area contributed by atoms with Crippen molar-refractivity contribution in [1.29, 1.82) is 0 Å². The van der Waals surface area contributed by atoms with E-state index in [1.807, 2.05) is 24.3 Å². The summed E-state index contributed by atoms with van der Waals surface area (Å²) in [6.07, 6.45) is 3.05. The van der Waals surface area contributed by atoms with E-state index in [4.69, 9.17) is 5.73 Å². The van der Waals surface area contributed by atoms with Crippen molar-refractivity contribution in [3.8, 4) is 0 Å². The Bertz CT molecular complexity index is 320. The Labute approximate surface area is 84.6 Å². The van der Waals surface area contributed by atoms with Gasteiger partial charge in [0.1, 0.15) is 0 Å². The third-order valence-corrected chi connectivity index (χ3v) is 1.96. The van der Waals surface area contributed by atoms with Crippen LogP contribution in [0.15, 0.2) is 30.3 Å². The molecule has 3 heteroatoms. The van der Waals surface area contributed by atoms with Gasteiger partial charge in [0.15, 0.2) is 0 Å². The van der Waals surface area contributed by atoms with Gasteiger partial charge in [-0.15, -0.1) is 0 Å². The molecule has 0 heterocycles. The zero-order valence-electron chi connectivity index (χ0n) is 6.33. The summed E-state index contributed by atoms with van der Waals surface area (Å²) in [6, 6.07) is 7.81. The van der Waals surface area contributed by atoms with Gasteiger partial charge in [0.25, 0.3) is 0 Å². The number of hydrogen-bond acceptors (Lipinski definition) is 1. The predicted octanol–water partition coefficient (Wildman–Crippen LogP) is 1.79. The Morgan fingerprint density at radius 1 is 1.50 bits per heavy atom. The van der Waals surface area contributed by atoms with Crippen molar-refractivity contribution in [2.24, 2.45) is 5.73 Å². The fourth-order valence-corrected chi connectivity index (χ4v) is 1.36. The largest absolute Gasteiger partial charge is 0.366 e. The van der Waals surface area contributed by atoms with Crippen LogP contribution in [0.5, 0.6) is 0 Å². The lowest BCUT2D eigenvalue weighted by Crippen LogP contribution is -2.05. The number of hydrogen-bond donors (Lipinski definition) is 1. The number of carbonyl (C=O) groups is 1. The van der Waals surface area contributed by atoms with Crippen molar-refractivity contribution < 1.29 is 4.79 Å². The lowest BCUT2D eigenvalue weighted by atomic mass is 10.2. The first-order valence-electron chi connectivity index (χ1n) is 3.41. The van der Waals surface area contributed by atoms with Gasteiger partial charge in [-0.2, -0.15) is 0 Å². The molecule has 62 valence electrons. The summed E-state index contributed by atoms with van der Waals surface area (Å²) in [5.41, 5.74) is 5.94. The van der Waals surface area contributed by atoms with Crippen molar-refractivity contribution in [3.05, 3.63) is 39.5 Å². The molecule has 0 saturated carbocycles.